The maximum absolute atomic E-state index is 14.6. The number of hydrogen-bond donors (Lipinski definition) is 0. The minimum atomic E-state index is -0.761. The van der Waals surface area contributed by atoms with E-state index in [-0.39, 0.29) is 0 Å². The van der Waals surface area contributed by atoms with Crippen molar-refractivity contribution in [1.29, 1.82) is 0 Å². The topological polar surface area (TPSA) is 9.23 Å². The van der Waals surface area contributed by atoms with Gasteiger partial charge in [0.25, 0.3) is 0 Å². The highest BCUT2D eigenvalue weighted by Gasteiger charge is 2.14. The first-order chi connectivity index (χ1) is 13.6. The van der Waals surface area contributed by atoms with E-state index in [0.29, 0.717) is 29.7 Å². The van der Waals surface area contributed by atoms with Crippen molar-refractivity contribution in [3.63, 3.8) is 0 Å². The molecule has 0 aromatic heterocycles. The molecule has 28 heavy (non-hydrogen) atoms. The zero-order valence-corrected chi connectivity index (χ0v) is 16.5. The zero-order chi connectivity index (χ0) is 19.9. The maximum Gasteiger partial charge on any atom is 0.166 e. The van der Waals surface area contributed by atoms with E-state index in [0.717, 1.165) is 36.1 Å². The molecule has 3 aromatic rings. The predicted molar refractivity (Wildman–Crippen MR) is 112 cm³/mol. The van der Waals surface area contributed by atoms with Gasteiger partial charge in [-0.2, -0.15) is 0 Å². The predicted octanol–water partition coefficient (Wildman–Crippen LogP) is 7.43. The van der Waals surface area contributed by atoms with Crippen LogP contribution in [0.25, 0.3) is 22.3 Å². The first kappa shape index (κ1) is 20.1. The van der Waals surface area contributed by atoms with E-state index >= 15 is 0 Å². The van der Waals surface area contributed by atoms with E-state index in [2.05, 4.69) is 6.92 Å². The van der Waals surface area contributed by atoms with Crippen molar-refractivity contribution in [3.05, 3.63) is 77.9 Å². The summed E-state index contributed by atoms with van der Waals surface area (Å²) in [7, 11) is 0. The molecule has 0 amide bonds. The fourth-order valence-corrected chi connectivity index (χ4v) is 3.32. The molecule has 1 nitrogen and oxygen atoms in total. The van der Waals surface area contributed by atoms with Crippen LogP contribution in [0.4, 0.5) is 8.78 Å². The lowest BCUT2D eigenvalue weighted by molar-refractivity contribution is 0.340. The molecule has 146 valence electrons. The number of ether oxygens (including phenoxy) is 1. The average Bonchev–Trinajstić information content (AvgIpc) is 2.72. The normalized spacial score (nSPS) is 10.9. The molecule has 0 unspecified atom stereocenters. The Morgan fingerprint density at radius 3 is 1.89 bits per heavy atom. The minimum absolute atomic E-state index is 0.301. The summed E-state index contributed by atoms with van der Waals surface area (Å²) < 4.78 is 34.5. The number of rotatable bonds is 8. The number of halogens is 2. The molecule has 0 heterocycles. The SMILES string of the molecule is CCCCCc1ccc(-c2ccc(-c3ccc(OCC)cc3)cc2)c(F)c1F. The van der Waals surface area contributed by atoms with Crippen molar-refractivity contribution in [3.8, 4) is 28.0 Å². The molecule has 0 atom stereocenters. The van der Waals surface area contributed by atoms with Gasteiger partial charge in [0.1, 0.15) is 5.75 Å². The Morgan fingerprint density at radius 2 is 1.29 bits per heavy atom. The molecule has 0 spiro atoms. The third kappa shape index (κ3) is 4.59. The summed E-state index contributed by atoms with van der Waals surface area (Å²) in [6.07, 6.45) is 3.54. The molecule has 0 bridgehead atoms. The number of hydrogen-bond acceptors (Lipinski definition) is 1. The fraction of sp³-hybridized carbons (Fsp3) is 0.280. The van der Waals surface area contributed by atoms with Gasteiger partial charge in [-0.25, -0.2) is 8.78 Å². The van der Waals surface area contributed by atoms with Crippen molar-refractivity contribution < 1.29 is 13.5 Å². The summed E-state index contributed by atoms with van der Waals surface area (Å²) in [5.41, 5.74) is 3.50. The van der Waals surface area contributed by atoms with Gasteiger partial charge in [-0.3, -0.25) is 0 Å². The second-order valence-electron chi connectivity index (χ2n) is 6.89. The number of aryl methyl sites for hydroxylation is 1. The molecule has 0 aliphatic carbocycles. The van der Waals surface area contributed by atoms with Gasteiger partial charge < -0.3 is 4.74 Å². The van der Waals surface area contributed by atoms with Gasteiger partial charge >= 0.3 is 0 Å². The van der Waals surface area contributed by atoms with E-state index in [1.807, 2.05) is 55.5 Å². The van der Waals surface area contributed by atoms with E-state index in [4.69, 9.17) is 4.74 Å². The van der Waals surface area contributed by atoms with Crippen molar-refractivity contribution in [2.24, 2.45) is 0 Å². The molecule has 0 N–H and O–H groups in total. The Morgan fingerprint density at radius 1 is 0.679 bits per heavy atom. The van der Waals surface area contributed by atoms with Crippen molar-refractivity contribution in [2.75, 3.05) is 6.61 Å². The van der Waals surface area contributed by atoms with E-state index < -0.39 is 11.6 Å². The van der Waals surface area contributed by atoms with E-state index in [1.54, 1.807) is 12.1 Å². The van der Waals surface area contributed by atoms with Crippen LogP contribution in [0.2, 0.25) is 0 Å². The highest BCUT2D eigenvalue weighted by atomic mass is 19.2. The Balaban J connectivity index is 1.80. The van der Waals surface area contributed by atoms with Crippen LogP contribution in [0.3, 0.4) is 0 Å². The molecule has 0 saturated carbocycles. The van der Waals surface area contributed by atoms with Crippen LogP contribution in [0.1, 0.15) is 38.7 Å². The summed E-state index contributed by atoms with van der Waals surface area (Å²) in [6.45, 7) is 4.68. The second kappa shape index (κ2) is 9.50. The van der Waals surface area contributed by atoms with Crippen LogP contribution in [-0.2, 0) is 6.42 Å². The first-order valence-corrected chi connectivity index (χ1v) is 9.94. The third-order valence-electron chi connectivity index (χ3n) is 4.91. The molecule has 3 aromatic carbocycles. The van der Waals surface area contributed by atoms with E-state index in [9.17, 15) is 8.78 Å². The maximum atomic E-state index is 14.6. The zero-order valence-electron chi connectivity index (χ0n) is 16.5. The van der Waals surface area contributed by atoms with Crippen LogP contribution in [-0.4, -0.2) is 6.61 Å². The highest BCUT2D eigenvalue weighted by molar-refractivity contribution is 5.71. The van der Waals surface area contributed by atoms with Gasteiger partial charge in [0.05, 0.1) is 6.61 Å². The Labute approximate surface area is 166 Å². The second-order valence-corrected chi connectivity index (χ2v) is 6.89. The standard InChI is InChI=1S/C25H26F2O/c1-3-5-6-7-21-14-17-23(25(27)24(21)26)20-10-8-18(9-11-20)19-12-15-22(16-13-19)28-4-2/h8-17H,3-7H2,1-2H3. The number of benzene rings is 3. The molecular weight excluding hydrogens is 354 g/mol. The van der Waals surface area contributed by atoms with Gasteiger partial charge in [-0.1, -0.05) is 68.3 Å². The van der Waals surface area contributed by atoms with E-state index in [1.165, 1.54) is 0 Å². The molecule has 0 radical (unpaired) electrons. The third-order valence-corrected chi connectivity index (χ3v) is 4.91. The van der Waals surface area contributed by atoms with Crippen LogP contribution in [0.5, 0.6) is 5.75 Å². The quantitative estimate of drug-likeness (QED) is 0.369. The molecule has 3 heteroatoms. The minimum Gasteiger partial charge on any atom is -0.494 e. The summed E-state index contributed by atoms with van der Waals surface area (Å²) in [4.78, 5) is 0. The van der Waals surface area contributed by atoms with Crippen LogP contribution in [0.15, 0.2) is 60.7 Å². The molecular formula is C25H26F2O. The number of unbranched alkanes of at least 4 members (excludes halogenated alkanes) is 2. The largest absolute Gasteiger partial charge is 0.494 e. The van der Waals surface area contributed by atoms with Gasteiger partial charge in [0, 0.05) is 5.56 Å². The van der Waals surface area contributed by atoms with Crippen molar-refractivity contribution in [2.45, 2.75) is 39.5 Å². The van der Waals surface area contributed by atoms with Gasteiger partial charge in [-0.05, 0) is 54.2 Å². The first-order valence-electron chi connectivity index (χ1n) is 9.94. The fourth-order valence-electron chi connectivity index (χ4n) is 3.32. The Bertz CT molecular complexity index is 899. The van der Waals surface area contributed by atoms with Gasteiger partial charge in [-0.15, -0.1) is 0 Å². The Hall–Kier alpha value is -2.68. The van der Waals surface area contributed by atoms with Crippen LogP contribution in [0, 0.1) is 11.6 Å². The summed E-state index contributed by atoms with van der Waals surface area (Å²) in [6, 6.07) is 18.8. The lowest BCUT2D eigenvalue weighted by atomic mass is 9.97. The van der Waals surface area contributed by atoms with Gasteiger partial charge in [0.2, 0.25) is 0 Å². The van der Waals surface area contributed by atoms with Crippen LogP contribution >= 0.6 is 0 Å². The Kier molecular flexibility index (Phi) is 6.80. The molecule has 0 fully saturated rings. The molecule has 0 aliphatic rings. The highest BCUT2D eigenvalue weighted by Crippen LogP contribution is 2.30. The molecule has 0 aliphatic heterocycles. The summed E-state index contributed by atoms with van der Waals surface area (Å²) in [5, 5.41) is 0. The van der Waals surface area contributed by atoms with Crippen molar-refractivity contribution >= 4 is 0 Å². The molecule has 0 saturated heterocycles. The lowest BCUT2D eigenvalue weighted by Crippen LogP contribution is -1.97. The molecule has 3 rings (SSSR count). The van der Waals surface area contributed by atoms with Gasteiger partial charge in [0.15, 0.2) is 11.6 Å². The smallest absolute Gasteiger partial charge is 0.166 e. The van der Waals surface area contributed by atoms with Crippen molar-refractivity contribution in [1.82, 2.24) is 0 Å². The lowest BCUT2D eigenvalue weighted by Gasteiger charge is -2.10. The summed E-state index contributed by atoms with van der Waals surface area (Å²) >= 11 is 0. The average molecular weight is 380 g/mol. The monoisotopic (exact) mass is 380 g/mol. The van der Waals surface area contributed by atoms with Crippen LogP contribution < -0.4 is 4.74 Å². The summed E-state index contributed by atoms with van der Waals surface area (Å²) in [5.74, 6) is -0.647.